The van der Waals surface area contributed by atoms with Crippen LogP contribution in [0, 0.1) is 6.92 Å². The predicted molar refractivity (Wildman–Crippen MR) is 98.2 cm³/mol. The summed E-state index contributed by atoms with van der Waals surface area (Å²) in [5, 5.41) is 3.10. The normalized spacial score (nSPS) is 14.9. The molecule has 1 atom stereocenters. The number of carbonyl (C=O) groups is 3. The van der Waals surface area contributed by atoms with Crippen molar-refractivity contribution < 1.29 is 19.1 Å². The van der Waals surface area contributed by atoms with Crippen molar-refractivity contribution in [1.82, 2.24) is 0 Å². The number of anilines is 2. The van der Waals surface area contributed by atoms with Crippen LogP contribution in [-0.2, 0) is 20.7 Å². The number of aryl methyl sites for hydroxylation is 1. The van der Waals surface area contributed by atoms with Gasteiger partial charge in [-0.15, -0.1) is 0 Å². The minimum atomic E-state index is -0.447. The van der Waals surface area contributed by atoms with E-state index < -0.39 is 11.9 Å². The van der Waals surface area contributed by atoms with Gasteiger partial charge in [0.25, 0.3) is 5.91 Å². The van der Waals surface area contributed by atoms with Crippen molar-refractivity contribution in [1.29, 1.82) is 0 Å². The first-order chi connectivity index (χ1) is 12.5. The fraction of sp³-hybridized carbons (Fsp3) is 0.250. The maximum atomic E-state index is 12.8. The molecule has 1 aliphatic rings. The molecule has 0 fully saturated rings. The van der Waals surface area contributed by atoms with Crippen LogP contribution in [0.15, 0.2) is 42.5 Å². The van der Waals surface area contributed by atoms with Gasteiger partial charge in [0, 0.05) is 17.7 Å². The SMILES string of the molecule is CCOC(=O)C1Cc2ccc(N(C=O)C(=O)c3ccccc3C)cc2N1. The van der Waals surface area contributed by atoms with E-state index in [4.69, 9.17) is 4.74 Å². The molecule has 1 N–H and O–H groups in total. The molecule has 0 radical (unpaired) electrons. The second kappa shape index (κ2) is 7.39. The van der Waals surface area contributed by atoms with E-state index >= 15 is 0 Å². The molecule has 0 bridgehead atoms. The lowest BCUT2D eigenvalue weighted by Gasteiger charge is -2.18. The maximum Gasteiger partial charge on any atom is 0.328 e. The van der Waals surface area contributed by atoms with Gasteiger partial charge in [-0.05, 0) is 43.2 Å². The summed E-state index contributed by atoms with van der Waals surface area (Å²) in [6, 6.07) is 11.9. The third-order valence-electron chi connectivity index (χ3n) is 4.40. The second-order valence-corrected chi connectivity index (χ2v) is 6.09. The zero-order valence-corrected chi connectivity index (χ0v) is 14.7. The topological polar surface area (TPSA) is 75.7 Å². The van der Waals surface area contributed by atoms with Gasteiger partial charge in [-0.3, -0.25) is 9.59 Å². The molecule has 6 nitrogen and oxygen atoms in total. The molecule has 26 heavy (non-hydrogen) atoms. The first-order valence-corrected chi connectivity index (χ1v) is 8.45. The number of nitrogens with one attached hydrogen (secondary N) is 1. The second-order valence-electron chi connectivity index (χ2n) is 6.09. The first kappa shape index (κ1) is 17.7. The summed E-state index contributed by atoms with van der Waals surface area (Å²) in [6.07, 6.45) is 1.02. The number of amides is 2. The largest absolute Gasteiger partial charge is 0.464 e. The summed E-state index contributed by atoms with van der Waals surface area (Å²) in [7, 11) is 0. The fourth-order valence-electron chi connectivity index (χ4n) is 3.04. The summed E-state index contributed by atoms with van der Waals surface area (Å²) in [5.74, 6) is -0.702. The van der Waals surface area contributed by atoms with E-state index in [0.717, 1.165) is 21.7 Å². The highest BCUT2D eigenvalue weighted by molar-refractivity contribution is 6.16. The highest BCUT2D eigenvalue weighted by Gasteiger charge is 2.29. The molecule has 2 aromatic rings. The van der Waals surface area contributed by atoms with E-state index in [9.17, 15) is 14.4 Å². The van der Waals surface area contributed by atoms with Gasteiger partial charge < -0.3 is 10.1 Å². The van der Waals surface area contributed by atoms with Gasteiger partial charge in [-0.25, -0.2) is 9.69 Å². The summed E-state index contributed by atoms with van der Waals surface area (Å²) in [5.41, 5.74) is 3.39. The average molecular weight is 352 g/mol. The van der Waals surface area contributed by atoms with Crippen LogP contribution in [0.1, 0.15) is 28.4 Å². The minimum absolute atomic E-state index is 0.312. The summed E-state index contributed by atoms with van der Waals surface area (Å²) in [6.45, 7) is 3.91. The van der Waals surface area contributed by atoms with E-state index in [1.807, 2.05) is 25.1 Å². The molecule has 0 saturated heterocycles. The smallest absolute Gasteiger partial charge is 0.328 e. The lowest BCUT2D eigenvalue weighted by Crippen LogP contribution is -2.30. The maximum absolute atomic E-state index is 12.8. The Balaban J connectivity index is 1.85. The molecule has 1 aliphatic heterocycles. The lowest BCUT2D eigenvalue weighted by atomic mass is 10.1. The van der Waals surface area contributed by atoms with Crippen molar-refractivity contribution in [2.24, 2.45) is 0 Å². The highest BCUT2D eigenvalue weighted by Crippen LogP contribution is 2.31. The van der Waals surface area contributed by atoms with Crippen LogP contribution in [0.25, 0.3) is 0 Å². The summed E-state index contributed by atoms with van der Waals surface area (Å²) in [4.78, 5) is 37.3. The number of imide groups is 1. The molecular weight excluding hydrogens is 332 g/mol. The third-order valence-corrected chi connectivity index (χ3v) is 4.40. The molecule has 1 heterocycles. The van der Waals surface area contributed by atoms with Crippen molar-refractivity contribution in [3.8, 4) is 0 Å². The number of fused-ring (bicyclic) bond motifs is 1. The van der Waals surface area contributed by atoms with Crippen LogP contribution in [-0.4, -0.2) is 30.9 Å². The van der Waals surface area contributed by atoms with Gasteiger partial charge in [0.05, 0.1) is 12.3 Å². The third kappa shape index (κ3) is 3.31. The van der Waals surface area contributed by atoms with E-state index in [-0.39, 0.29) is 5.97 Å². The number of hydrogen-bond donors (Lipinski definition) is 1. The number of esters is 1. The Bertz CT molecular complexity index is 863. The molecule has 2 aromatic carbocycles. The van der Waals surface area contributed by atoms with Crippen molar-refractivity contribution in [3.05, 3.63) is 59.2 Å². The van der Waals surface area contributed by atoms with Gasteiger partial charge in [0.2, 0.25) is 6.41 Å². The van der Waals surface area contributed by atoms with E-state index in [0.29, 0.717) is 30.7 Å². The van der Waals surface area contributed by atoms with Crippen LogP contribution in [0.3, 0.4) is 0 Å². The Morgan fingerprint density at radius 2 is 2.04 bits per heavy atom. The fourth-order valence-corrected chi connectivity index (χ4v) is 3.04. The zero-order valence-electron chi connectivity index (χ0n) is 14.7. The van der Waals surface area contributed by atoms with Crippen molar-refractivity contribution >= 4 is 29.7 Å². The molecule has 3 rings (SSSR count). The van der Waals surface area contributed by atoms with Crippen LogP contribution >= 0.6 is 0 Å². The Labute approximate surface area is 151 Å². The van der Waals surface area contributed by atoms with Crippen LogP contribution in [0.4, 0.5) is 11.4 Å². The Hall–Kier alpha value is -3.15. The van der Waals surface area contributed by atoms with Crippen molar-refractivity contribution in [3.63, 3.8) is 0 Å². The number of ether oxygens (including phenoxy) is 1. The van der Waals surface area contributed by atoms with Gasteiger partial charge in [-0.2, -0.15) is 0 Å². The lowest BCUT2D eigenvalue weighted by molar-refractivity contribution is -0.143. The first-order valence-electron chi connectivity index (χ1n) is 8.45. The molecular formula is C20H20N2O4. The van der Waals surface area contributed by atoms with E-state index in [1.165, 1.54) is 0 Å². The molecule has 134 valence electrons. The minimum Gasteiger partial charge on any atom is -0.464 e. The summed E-state index contributed by atoms with van der Waals surface area (Å²) < 4.78 is 5.04. The van der Waals surface area contributed by atoms with Crippen LogP contribution in [0.5, 0.6) is 0 Å². The van der Waals surface area contributed by atoms with Crippen LogP contribution in [0.2, 0.25) is 0 Å². The van der Waals surface area contributed by atoms with Gasteiger partial charge in [0.1, 0.15) is 6.04 Å². The average Bonchev–Trinajstić information content (AvgIpc) is 3.06. The number of carbonyl (C=O) groups excluding carboxylic acids is 3. The van der Waals surface area contributed by atoms with Crippen molar-refractivity contribution in [2.45, 2.75) is 26.3 Å². The number of hydrogen-bond acceptors (Lipinski definition) is 5. The van der Waals surface area contributed by atoms with E-state index in [1.54, 1.807) is 31.2 Å². The zero-order chi connectivity index (χ0) is 18.7. The Morgan fingerprint density at radius 3 is 2.73 bits per heavy atom. The monoisotopic (exact) mass is 352 g/mol. The quantitative estimate of drug-likeness (QED) is 0.661. The molecule has 0 spiro atoms. The van der Waals surface area contributed by atoms with Gasteiger partial charge in [-0.1, -0.05) is 24.3 Å². The molecule has 0 aromatic heterocycles. The summed E-state index contributed by atoms with van der Waals surface area (Å²) >= 11 is 0. The van der Waals surface area contributed by atoms with Gasteiger partial charge in [0.15, 0.2) is 0 Å². The Kier molecular flexibility index (Phi) is 5.02. The van der Waals surface area contributed by atoms with Crippen LogP contribution < -0.4 is 10.2 Å². The molecule has 6 heteroatoms. The van der Waals surface area contributed by atoms with Gasteiger partial charge >= 0.3 is 5.97 Å². The number of rotatable bonds is 5. The van der Waals surface area contributed by atoms with Crippen molar-refractivity contribution in [2.75, 3.05) is 16.8 Å². The number of nitrogens with zero attached hydrogens (tertiary/aromatic N) is 1. The van der Waals surface area contributed by atoms with E-state index in [2.05, 4.69) is 5.32 Å². The molecule has 0 aliphatic carbocycles. The highest BCUT2D eigenvalue weighted by atomic mass is 16.5. The Morgan fingerprint density at radius 1 is 1.27 bits per heavy atom. The predicted octanol–water partition coefficient (Wildman–Crippen LogP) is 2.70. The molecule has 2 amide bonds. The number of benzene rings is 2. The standard InChI is InChI=1S/C20H20N2O4/c1-3-26-20(25)18-10-14-8-9-15(11-17(14)21-18)22(12-23)19(24)16-7-5-4-6-13(16)2/h4-9,11-12,18,21H,3,10H2,1-2H3. The molecule has 1 unspecified atom stereocenters. The molecule has 0 saturated carbocycles.